The SMILES string of the molecule is O=C(O)c1ccc2cc(Cc3ccc(Cl)cc3C(F)(F)F)oc2c1. The molecule has 0 saturated heterocycles. The number of carboxylic acid groups (broad SMARTS) is 1. The van der Waals surface area contributed by atoms with Crippen LogP contribution in [0.15, 0.2) is 46.9 Å². The van der Waals surface area contributed by atoms with E-state index < -0.39 is 17.7 Å². The summed E-state index contributed by atoms with van der Waals surface area (Å²) in [7, 11) is 0. The normalized spacial score (nSPS) is 11.8. The van der Waals surface area contributed by atoms with Crippen molar-refractivity contribution in [2.24, 2.45) is 0 Å². The second-order valence-corrected chi connectivity index (χ2v) is 5.68. The van der Waals surface area contributed by atoms with Gasteiger partial charge in [-0.2, -0.15) is 13.2 Å². The van der Waals surface area contributed by atoms with E-state index in [0.717, 1.165) is 6.07 Å². The molecule has 2 aromatic carbocycles. The Kier molecular flexibility index (Phi) is 4.01. The Morgan fingerprint density at radius 3 is 2.54 bits per heavy atom. The van der Waals surface area contributed by atoms with E-state index in [1.165, 1.54) is 24.3 Å². The number of furan rings is 1. The van der Waals surface area contributed by atoms with Crippen LogP contribution in [0, 0.1) is 0 Å². The summed E-state index contributed by atoms with van der Waals surface area (Å²) in [5, 5.41) is 9.58. The van der Waals surface area contributed by atoms with Crippen molar-refractivity contribution in [3.8, 4) is 0 Å². The lowest BCUT2D eigenvalue weighted by atomic mass is 10.0. The molecule has 0 bridgehead atoms. The molecule has 0 unspecified atom stereocenters. The Bertz CT molecular complexity index is 928. The summed E-state index contributed by atoms with van der Waals surface area (Å²) in [4.78, 5) is 11.0. The van der Waals surface area contributed by atoms with E-state index in [4.69, 9.17) is 21.1 Å². The van der Waals surface area contributed by atoms with E-state index in [9.17, 15) is 18.0 Å². The zero-order valence-corrected chi connectivity index (χ0v) is 12.8. The summed E-state index contributed by atoms with van der Waals surface area (Å²) in [6.07, 6.45) is -4.61. The first kappa shape index (κ1) is 16.4. The zero-order chi connectivity index (χ0) is 17.5. The van der Waals surface area contributed by atoms with Gasteiger partial charge in [-0.05, 0) is 35.9 Å². The van der Waals surface area contributed by atoms with E-state index in [1.54, 1.807) is 12.1 Å². The van der Waals surface area contributed by atoms with Gasteiger partial charge in [-0.1, -0.05) is 23.7 Å². The third-order valence-corrected chi connectivity index (χ3v) is 3.80. The van der Waals surface area contributed by atoms with E-state index in [-0.39, 0.29) is 22.6 Å². The molecule has 3 aromatic rings. The van der Waals surface area contributed by atoms with Gasteiger partial charge in [0.1, 0.15) is 11.3 Å². The third kappa shape index (κ3) is 3.23. The van der Waals surface area contributed by atoms with Crippen molar-refractivity contribution in [3.63, 3.8) is 0 Å². The Hall–Kier alpha value is -2.47. The second-order valence-electron chi connectivity index (χ2n) is 5.25. The molecule has 0 fully saturated rings. The molecule has 0 atom stereocenters. The van der Waals surface area contributed by atoms with Gasteiger partial charge in [0.25, 0.3) is 0 Å². The van der Waals surface area contributed by atoms with Crippen molar-refractivity contribution < 1.29 is 27.5 Å². The van der Waals surface area contributed by atoms with E-state index in [2.05, 4.69) is 0 Å². The highest BCUT2D eigenvalue weighted by Crippen LogP contribution is 2.35. The standard InChI is InChI=1S/C17H10ClF3O3/c18-12-4-3-9(14(8-12)17(19,20)21)5-13-6-10-1-2-11(16(22)23)7-15(10)24-13/h1-4,6-8H,5H2,(H,22,23). The minimum absolute atomic E-state index is 0.00165. The van der Waals surface area contributed by atoms with E-state index >= 15 is 0 Å². The first-order chi connectivity index (χ1) is 11.2. The lowest BCUT2D eigenvalue weighted by molar-refractivity contribution is -0.138. The van der Waals surface area contributed by atoms with Crippen molar-refractivity contribution >= 4 is 28.5 Å². The highest BCUT2D eigenvalue weighted by molar-refractivity contribution is 6.30. The van der Waals surface area contributed by atoms with Crippen LogP contribution in [0.3, 0.4) is 0 Å². The summed E-state index contributed by atoms with van der Waals surface area (Å²) in [6.45, 7) is 0. The van der Waals surface area contributed by atoms with Gasteiger partial charge in [-0.25, -0.2) is 4.79 Å². The predicted molar refractivity (Wildman–Crippen MR) is 82.4 cm³/mol. The largest absolute Gasteiger partial charge is 0.478 e. The highest BCUT2D eigenvalue weighted by atomic mass is 35.5. The van der Waals surface area contributed by atoms with Crippen molar-refractivity contribution in [2.45, 2.75) is 12.6 Å². The number of carboxylic acids is 1. The number of hydrogen-bond acceptors (Lipinski definition) is 2. The fourth-order valence-electron chi connectivity index (χ4n) is 2.46. The molecule has 1 aromatic heterocycles. The van der Waals surface area contributed by atoms with Crippen LogP contribution in [-0.2, 0) is 12.6 Å². The lowest BCUT2D eigenvalue weighted by Gasteiger charge is -2.12. The topological polar surface area (TPSA) is 50.4 Å². The molecule has 0 spiro atoms. The Labute approximate surface area is 139 Å². The summed E-state index contributed by atoms with van der Waals surface area (Å²) in [5.41, 5.74) is -0.426. The first-order valence-corrected chi connectivity index (χ1v) is 7.23. The van der Waals surface area contributed by atoms with Gasteiger partial charge >= 0.3 is 12.1 Å². The van der Waals surface area contributed by atoms with Crippen molar-refractivity contribution in [1.29, 1.82) is 0 Å². The number of benzene rings is 2. The quantitative estimate of drug-likeness (QED) is 0.685. The van der Waals surface area contributed by atoms with Gasteiger partial charge in [-0.15, -0.1) is 0 Å². The molecule has 0 aliphatic heterocycles. The van der Waals surface area contributed by atoms with Gasteiger partial charge in [0.05, 0.1) is 11.1 Å². The van der Waals surface area contributed by atoms with Crippen LogP contribution in [0.4, 0.5) is 13.2 Å². The lowest BCUT2D eigenvalue weighted by Crippen LogP contribution is -2.09. The average Bonchev–Trinajstić information content (AvgIpc) is 2.89. The van der Waals surface area contributed by atoms with Crippen molar-refractivity contribution in [3.05, 3.63) is 69.9 Å². The average molecular weight is 355 g/mol. The van der Waals surface area contributed by atoms with Crippen LogP contribution < -0.4 is 0 Å². The molecular formula is C17H10ClF3O3. The van der Waals surface area contributed by atoms with E-state index in [0.29, 0.717) is 16.7 Å². The molecule has 0 amide bonds. The van der Waals surface area contributed by atoms with Crippen LogP contribution >= 0.6 is 11.6 Å². The minimum Gasteiger partial charge on any atom is -0.478 e. The number of hydrogen-bond donors (Lipinski definition) is 1. The van der Waals surface area contributed by atoms with Gasteiger partial charge in [0, 0.05) is 16.8 Å². The fourth-order valence-corrected chi connectivity index (χ4v) is 2.63. The molecule has 0 saturated carbocycles. The Morgan fingerprint density at radius 2 is 1.88 bits per heavy atom. The van der Waals surface area contributed by atoms with Crippen LogP contribution in [0.5, 0.6) is 0 Å². The Balaban J connectivity index is 2.00. The summed E-state index contributed by atoms with van der Waals surface area (Å²) in [5.74, 6) is -0.799. The maximum absolute atomic E-state index is 13.1. The highest BCUT2D eigenvalue weighted by Gasteiger charge is 2.33. The maximum atomic E-state index is 13.1. The number of aromatic carboxylic acids is 1. The molecule has 3 rings (SSSR count). The number of rotatable bonds is 3. The summed E-state index contributed by atoms with van der Waals surface area (Å²) < 4.78 is 44.9. The first-order valence-electron chi connectivity index (χ1n) is 6.85. The summed E-state index contributed by atoms with van der Waals surface area (Å²) >= 11 is 5.66. The van der Waals surface area contributed by atoms with Gasteiger partial charge in [0.2, 0.25) is 0 Å². The van der Waals surface area contributed by atoms with Crippen LogP contribution in [0.25, 0.3) is 11.0 Å². The number of alkyl halides is 3. The number of halogens is 4. The molecule has 7 heteroatoms. The number of carbonyl (C=O) groups is 1. The summed E-state index contributed by atoms with van der Waals surface area (Å²) in [6, 6.07) is 9.47. The number of fused-ring (bicyclic) bond motifs is 1. The van der Waals surface area contributed by atoms with Crippen LogP contribution in [0.2, 0.25) is 5.02 Å². The smallest absolute Gasteiger partial charge is 0.416 e. The van der Waals surface area contributed by atoms with Crippen molar-refractivity contribution in [2.75, 3.05) is 0 Å². The maximum Gasteiger partial charge on any atom is 0.416 e. The Morgan fingerprint density at radius 1 is 1.12 bits per heavy atom. The fraction of sp³-hybridized carbons (Fsp3) is 0.118. The molecular weight excluding hydrogens is 345 g/mol. The molecule has 124 valence electrons. The van der Waals surface area contributed by atoms with Gasteiger partial charge in [-0.3, -0.25) is 0 Å². The predicted octanol–water partition coefficient (Wildman–Crippen LogP) is 5.39. The van der Waals surface area contributed by atoms with E-state index in [1.807, 2.05) is 0 Å². The molecule has 1 heterocycles. The molecule has 0 radical (unpaired) electrons. The van der Waals surface area contributed by atoms with Crippen LogP contribution in [0.1, 0.15) is 27.2 Å². The molecule has 24 heavy (non-hydrogen) atoms. The zero-order valence-electron chi connectivity index (χ0n) is 12.0. The molecule has 0 aliphatic carbocycles. The van der Waals surface area contributed by atoms with Gasteiger partial charge < -0.3 is 9.52 Å². The third-order valence-electron chi connectivity index (χ3n) is 3.56. The van der Waals surface area contributed by atoms with Gasteiger partial charge in [0.15, 0.2) is 0 Å². The van der Waals surface area contributed by atoms with Crippen LogP contribution in [-0.4, -0.2) is 11.1 Å². The van der Waals surface area contributed by atoms with Crippen molar-refractivity contribution in [1.82, 2.24) is 0 Å². The molecule has 1 N–H and O–H groups in total. The second kappa shape index (κ2) is 5.87. The monoisotopic (exact) mass is 354 g/mol. The molecule has 3 nitrogen and oxygen atoms in total. The molecule has 0 aliphatic rings. The minimum atomic E-state index is -4.53.